The lowest BCUT2D eigenvalue weighted by molar-refractivity contribution is 0.0942. The third-order valence-corrected chi connectivity index (χ3v) is 4.24. The molecule has 0 N–H and O–H groups in total. The molecule has 0 aromatic carbocycles. The molecule has 0 saturated carbocycles. The van der Waals surface area contributed by atoms with E-state index in [0.717, 1.165) is 0 Å². The van der Waals surface area contributed by atoms with Crippen molar-refractivity contribution in [2.75, 3.05) is 7.05 Å². The Bertz CT molecular complexity index is 233. The SMILES string of the molecule is CCCCC(CCC)N(/N=N\C)C(CCCC)CCCC. The summed E-state index contributed by atoms with van der Waals surface area (Å²) in [6.45, 7) is 9.12. The monoisotopic (exact) mass is 297 g/mol. The molecule has 0 aromatic heterocycles. The zero-order valence-electron chi connectivity index (χ0n) is 15.3. The van der Waals surface area contributed by atoms with Gasteiger partial charge in [0.05, 0.1) is 7.05 Å². The van der Waals surface area contributed by atoms with Crippen molar-refractivity contribution in [3.8, 4) is 0 Å². The van der Waals surface area contributed by atoms with E-state index in [0.29, 0.717) is 12.1 Å². The van der Waals surface area contributed by atoms with Gasteiger partial charge >= 0.3 is 0 Å². The Morgan fingerprint density at radius 3 is 1.43 bits per heavy atom. The van der Waals surface area contributed by atoms with E-state index in [4.69, 9.17) is 0 Å². The molecule has 0 aliphatic carbocycles. The first-order chi connectivity index (χ1) is 10.2. The van der Waals surface area contributed by atoms with Gasteiger partial charge in [0.25, 0.3) is 0 Å². The zero-order chi connectivity index (χ0) is 15.9. The summed E-state index contributed by atoms with van der Waals surface area (Å²) >= 11 is 0. The summed E-state index contributed by atoms with van der Waals surface area (Å²) in [4.78, 5) is 0. The van der Waals surface area contributed by atoms with Gasteiger partial charge in [0, 0.05) is 12.1 Å². The summed E-state index contributed by atoms with van der Waals surface area (Å²) in [5.41, 5.74) is 0. The second kappa shape index (κ2) is 14.3. The van der Waals surface area contributed by atoms with E-state index in [2.05, 4.69) is 43.0 Å². The summed E-state index contributed by atoms with van der Waals surface area (Å²) in [5.74, 6) is 0. The summed E-state index contributed by atoms with van der Waals surface area (Å²) < 4.78 is 0. The van der Waals surface area contributed by atoms with Crippen LogP contribution in [0.25, 0.3) is 0 Å². The van der Waals surface area contributed by atoms with E-state index in [-0.39, 0.29) is 0 Å². The third kappa shape index (κ3) is 9.10. The lowest BCUT2D eigenvalue weighted by atomic mass is 9.98. The van der Waals surface area contributed by atoms with Gasteiger partial charge in [0.1, 0.15) is 0 Å². The quantitative estimate of drug-likeness (QED) is 0.269. The molecule has 0 aliphatic rings. The molecule has 0 amide bonds. The van der Waals surface area contributed by atoms with Crippen LogP contribution in [0.15, 0.2) is 10.3 Å². The van der Waals surface area contributed by atoms with Crippen molar-refractivity contribution >= 4 is 0 Å². The highest BCUT2D eigenvalue weighted by Crippen LogP contribution is 2.24. The summed E-state index contributed by atoms with van der Waals surface area (Å²) in [6, 6.07) is 1.17. The molecule has 3 heteroatoms. The summed E-state index contributed by atoms with van der Waals surface area (Å²) in [6.07, 6.45) is 14.0. The molecule has 0 spiro atoms. The van der Waals surface area contributed by atoms with Gasteiger partial charge < -0.3 is 0 Å². The second-order valence-corrected chi connectivity index (χ2v) is 6.19. The molecule has 1 unspecified atom stereocenters. The normalized spacial score (nSPS) is 13.2. The van der Waals surface area contributed by atoms with E-state index < -0.39 is 0 Å². The molecule has 0 radical (unpaired) electrons. The Labute approximate surface area is 133 Å². The van der Waals surface area contributed by atoms with Crippen molar-refractivity contribution in [1.82, 2.24) is 5.01 Å². The summed E-state index contributed by atoms with van der Waals surface area (Å²) in [5, 5.41) is 11.1. The van der Waals surface area contributed by atoms with Crippen LogP contribution in [-0.4, -0.2) is 24.1 Å². The van der Waals surface area contributed by atoms with Gasteiger partial charge in [-0.25, -0.2) is 0 Å². The molecule has 3 nitrogen and oxygen atoms in total. The van der Waals surface area contributed by atoms with Crippen LogP contribution in [0, 0.1) is 0 Å². The van der Waals surface area contributed by atoms with Crippen molar-refractivity contribution in [2.24, 2.45) is 10.3 Å². The Morgan fingerprint density at radius 2 is 1.10 bits per heavy atom. The number of rotatable bonds is 14. The first-order valence-corrected chi connectivity index (χ1v) is 9.33. The van der Waals surface area contributed by atoms with Crippen molar-refractivity contribution in [3.05, 3.63) is 0 Å². The van der Waals surface area contributed by atoms with Crippen molar-refractivity contribution in [3.63, 3.8) is 0 Å². The highest BCUT2D eigenvalue weighted by Gasteiger charge is 2.24. The minimum absolute atomic E-state index is 0.581. The van der Waals surface area contributed by atoms with Gasteiger partial charge in [-0.1, -0.05) is 77.9 Å². The average Bonchev–Trinajstić information content (AvgIpc) is 2.50. The molecule has 0 bridgehead atoms. The Kier molecular flexibility index (Phi) is 13.9. The Morgan fingerprint density at radius 1 is 0.667 bits per heavy atom. The Balaban J connectivity index is 4.91. The van der Waals surface area contributed by atoms with Crippen molar-refractivity contribution in [2.45, 2.75) is 110 Å². The van der Waals surface area contributed by atoms with Gasteiger partial charge in [0.2, 0.25) is 0 Å². The number of nitrogens with zero attached hydrogens (tertiary/aromatic N) is 3. The lowest BCUT2D eigenvalue weighted by Gasteiger charge is -2.35. The molecule has 0 saturated heterocycles. The molecule has 0 aliphatic heterocycles. The van der Waals surface area contributed by atoms with Crippen LogP contribution in [0.5, 0.6) is 0 Å². The van der Waals surface area contributed by atoms with Crippen LogP contribution < -0.4 is 0 Å². The Hall–Kier alpha value is -0.600. The molecule has 126 valence electrons. The number of hydrogen-bond acceptors (Lipinski definition) is 2. The number of unbranched alkanes of at least 4 members (excludes halogenated alkanes) is 3. The predicted octanol–water partition coefficient (Wildman–Crippen LogP) is 6.39. The minimum Gasteiger partial charge on any atom is -0.273 e. The average molecular weight is 298 g/mol. The van der Waals surface area contributed by atoms with E-state index in [9.17, 15) is 0 Å². The van der Waals surface area contributed by atoms with E-state index in [1.54, 1.807) is 0 Å². The van der Waals surface area contributed by atoms with Crippen LogP contribution in [0.3, 0.4) is 0 Å². The van der Waals surface area contributed by atoms with Crippen LogP contribution in [0.2, 0.25) is 0 Å². The molecule has 0 rings (SSSR count). The highest BCUT2D eigenvalue weighted by molar-refractivity contribution is 4.76. The molecule has 1 atom stereocenters. The molecular formula is C18H39N3. The van der Waals surface area contributed by atoms with Crippen LogP contribution in [0.1, 0.15) is 98.3 Å². The molecular weight excluding hydrogens is 258 g/mol. The zero-order valence-corrected chi connectivity index (χ0v) is 15.3. The fourth-order valence-corrected chi connectivity index (χ4v) is 3.02. The van der Waals surface area contributed by atoms with Gasteiger partial charge in [-0.15, -0.1) is 0 Å². The molecule has 21 heavy (non-hydrogen) atoms. The highest BCUT2D eigenvalue weighted by atomic mass is 15.6. The summed E-state index contributed by atoms with van der Waals surface area (Å²) in [7, 11) is 1.81. The van der Waals surface area contributed by atoms with Gasteiger partial charge in [-0.3, -0.25) is 5.01 Å². The fourth-order valence-electron chi connectivity index (χ4n) is 3.02. The van der Waals surface area contributed by atoms with E-state index in [1.807, 2.05) is 7.05 Å². The van der Waals surface area contributed by atoms with Crippen LogP contribution >= 0.6 is 0 Å². The lowest BCUT2D eigenvalue weighted by Crippen LogP contribution is -2.39. The second-order valence-electron chi connectivity index (χ2n) is 6.19. The minimum atomic E-state index is 0.581. The standard InChI is InChI=1S/C18H39N3/c1-6-10-14-17(13-9-4)21(20-19-5)18(15-11-7-2)16-12-8-3/h17-18H,6-16H2,1-5H3/b20-19-. The molecule has 0 heterocycles. The van der Waals surface area contributed by atoms with Gasteiger partial charge in [-0.05, 0) is 25.7 Å². The first-order valence-electron chi connectivity index (χ1n) is 9.33. The van der Waals surface area contributed by atoms with Gasteiger partial charge in [-0.2, -0.15) is 5.11 Å². The maximum Gasteiger partial charge on any atom is 0.0509 e. The maximum absolute atomic E-state index is 4.56. The first kappa shape index (κ1) is 20.4. The number of hydrogen-bond donors (Lipinski definition) is 0. The largest absolute Gasteiger partial charge is 0.273 e. The molecule has 0 fully saturated rings. The molecule has 0 aromatic rings. The van der Waals surface area contributed by atoms with E-state index >= 15 is 0 Å². The topological polar surface area (TPSA) is 28.0 Å². The fraction of sp³-hybridized carbons (Fsp3) is 1.00. The smallest absolute Gasteiger partial charge is 0.0509 e. The van der Waals surface area contributed by atoms with Crippen molar-refractivity contribution in [1.29, 1.82) is 0 Å². The van der Waals surface area contributed by atoms with E-state index in [1.165, 1.54) is 70.6 Å². The van der Waals surface area contributed by atoms with Crippen molar-refractivity contribution < 1.29 is 0 Å². The van der Waals surface area contributed by atoms with Crippen LogP contribution in [-0.2, 0) is 0 Å². The maximum atomic E-state index is 4.56. The third-order valence-electron chi connectivity index (χ3n) is 4.24. The van der Waals surface area contributed by atoms with Gasteiger partial charge in [0.15, 0.2) is 0 Å². The predicted molar refractivity (Wildman–Crippen MR) is 93.7 cm³/mol. The van der Waals surface area contributed by atoms with Crippen LogP contribution in [0.4, 0.5) is 0 Å².